The van der Waals surface area contributed by atoms with Crippen LogP contribution >= 0.6 is 11.6 Å². The van der Waals surface area contributed by atoms with E-state index in [0.717, 1.165) is 34.3 Å². The van der Waals surface area contributed by atoms with Crippen LogP contribution < -0.4 is 5.32 Å². The first-order valence-electron chi connectivity index (χ1n) is 7.69. The fraction of sp³-hybridized carbons (Fsp3) is 0.211. The van der Waals surface area contributed by atoms with E-state index in [4.69, 9.17) is 11.6 Å². The van der Waals surface area contributed by atoms with E-state index in [0.29, 0.717) is 10.7 Å². The third-order valence-electron chi connectivity index (χ3n) is 4.27. The van der Waals surface area contributed by atoms with Gasteiger partial charge in [-0.15, -0.1) is 0 Å². The number of nitrogens with zero attached hydrogens (tertiary/aromatic N) is 1. The Labute approximate surface area is 140 Å². The number of benzene rings is 2. The molecule has 0 aliphatic heterocycles. The van der Waals surface area contributed by atoms with E-state index < -0.39 is 0 Å². The number of hydrogen-bond acceptors (Lipinski definition) is 1. The minimum Gasteiger partial charge on any atom is -0.337 e. The Morgan fingerprint density at radius 2 is 1.83 bits per heavy atom. The molecule has 3 rings (SSSR count). The van der Waals surface area contributed by atoms with Gasteiger partial charge in [0.2, 0.25) is 0 Å². The molecule has 0 saturated carbocycles. The highest BCUT2D eigenvalue weighted by atomic mass is 35.5. The average Bonchev–Trinajstić information content (AvgIpc) is 2.84. The molecule has 1 N–H and O–H groups in total. The summed E-state index contributed by atoms with van der Waals surface area (Å²) >= 11 is 6.14. The number of amides is 1. The van der Waals surface area contributed by atoms with Crippen molar-refractivity contribution < 1.29 is 4.79 Å². The molecule has 1 aromatic heterocycles. The molecule has 0 radical (unpaired) electrons. The van der Waals surface area contributed by atoms with Crippen LogP contribution in [0.25, 0.3) is 10.9 Å². The number of fused-ring (bicyclic) bond motifs is 1. The predicted molar refractivity (Wildman–Crippen MR) is 96.5 cm³/mol. The molecule has 118 valence electrons. The van der Waals surface area contributed by atoms with Crippen molar-refractivity contribution in [2.75, 3.05) is 5.32 Å². The van der Waals surface area contributed by atoms with Gasteiger partial charge < -0.3 is 9.88 Å². The highest BCUT2D eigenvalue weighted by Crippen LogP contribution is 2.28. The van der Waals surface area contributed by atoms with E-state index in [2.05, 4.69) is 16.0 Å². The first-order chi connectivity index (χ1) is 11.0. The minimum atomic E-state index is -0.106. The molecule has 0 aliphatic carbocycles. The number of para-hydroxylation sites is 1. The Balaban J connectivity index is 2.08. The van der Waals surface area contributed by atoms with Gasteiger partial charge in [0.1, 0.15) is 5.69 Å². The van der Waals surface area contributed by atoms with Gasteiger partial charge in [-0.1, -0.05) is 35.9 Å². The summed E-state index contributed by atoms with van der Waals surface area (Å²) in [6.07, 6.45) is 0. The molecular formula is C19H19ClN2O. The number of carbonyl (C=O) groups excluding carboxylic acids is 1. The number of hydrogen-bond donors (Lipinski definition) is 1. The van der Waals surface area contributed by atoms with Crippen molar-refractivity contribution in [1.29, 1.82) is 0 Å². The molecule has 1 amide bonds. The van der Waals surface area contributed by atoms with Gasteiger partial charge in [-0.2, -0.15) is 0 Å². The topological polar surface area (TPSA) is 34.0 Å². The van der Waals surface area contributed by atoms with Crippen LogP contribution in [0.15, 0.2) is 42.5 Å². The van der Waals surface area contributed by atoms with E-state index in [1.807, 2.05) is 57.2 Å². The summed E-state index contributed by atoms with van der Waals surface area (Å²) in [6.45, 7) is 6.69. The number of nitrogens with one attached hydrogen (secondary N) is 1. The number of aryl methyl sites for hydroxylation is 2. The molecule has 23 heavy (non-hydrogen) atoms. The Bertz CT molecular complexity index is 896. The number of halogens is 1. The third-order valence-corrected chi connectivity index (χ3v) is 4.68. The zero-order valence-electron chi connectivity index (χ0n) is 13.5. The van der Waals surface area contributed by atoms with E-state index in [9.17, 15) is 4.79 Å². The van der Waals surface area contributed by atoms with E-state index in [-0.39, 0.29) is 5.91 Å². The zero-order chi connectivity index (χ0) is 16.6. The maximum Gasteiger partial charge on any atom is 0.272 e. The van der Waals surface area contributed by atoms with Crippen LogP contribution in [-0.4, -0.2) is 10.5 Å². The monoisotopic (exact) mass is 326 g/mol. The van der Waals surface area contributed by atoms with Crippen LogP contribution in [-0.2, 0) is 6.54 Å². The fourth-order valence-corrected chi connectivity index (χ4v) is 3.20. The van der Waals surface area contributed by atoms with Crippen molar-refractivity contribution in [2.45, 2.75) is 27.3 Å². The summed E-state index contributed by atoms with van der Waals surface area (Å²) in [7, 11) is 0. The van der Waals surface area contributed by atoms with Crippen molar-refractivity contribution in [3.05, 3.63) is 64.3 Å². The number of anilines is 1. The van der Waals surface area contributed by atoms with E-state index in [1.54, 1.807) is 0 Å². The smallest absolute Gasteiger partial charge is 0.272 e. The molecule has 0 bridgehead atoms. The molecule has 3 aromatic rings. The minimum absolute atomic E-state index is 0.106. The van der Waals surface area contributed by atoms with Crippen LogP contribution in [0.2, 0.25) is 5.02 Å². The summed E-state index contributed by atoms with van der Waals surface area (Å²) in [5.74, 6) is -0.106. The normalized spacial score (nSPS) is 11.0. The van der Waals surface area contributed by atoms with Gasteiger partial charge >= 0.3 is 0 Å². The highest BCUT2D eigenvalue weighted by Gasteiger charge is 2.20. The van der Waals surface area contributed by atoms with Crippen LogP contribution in [0.3, 0.4) is 0 Å². The lowest BCUT2D eigenvalue weighted by Crippen LogP contribution is -2.18. The summed E-state index contributed by atoms with van der Waals surface area (Å²) < 4.78 is 2.06. The molecule has 1 heterocycles. The van der Waals surface area contributed by atoms with Gasteiger partial charge in [0.15, 0.2) is 0 Å². The molecule has 3 nitrogen and oxygen atoms in total. The van der Waals surface area contributed by atoms with Crippen LogP contribution in [0.4, 0.5) is 5.69 Å². The molecule has 4 heteroatoms. The quantitative estimate of drug-likeness (QED) is 0.706. The maximum absolute atomic E-state index is 12.9. The largest absolute Gasteiger partial charge is 0.337 e. The van der Waals surface area contributed by atoms with Gasteiger partial charge in [-0.3, -0.25) is 4.79 Å². The van der Waals surface area contributed by atoms with Gasteiger partial charge in [-0.25, -0.2) is 0 Å². The van der Waals surface area contributed by atoms with Crippen LogP contribution in [0.1, 0.15) is 28.5 Å². The molecule has 0 saturated heterocycles. The van der Waals surface area contributed by atoms with Crippen molar-refractivity contribution >= 4 is 34.1 Å². The summed E-state index contributed by atoms with van der Waals surface area (Å²) in [5, 5.41) is 4.76. The number of rotatable bonds is 3. The summed E-state index contributed by atoms with van der Waals surface area (Å²) in [4.78, 5) is 12.9. The summed E-state index contributed by atoms with van der Waals surface area (Å²) in [5.41, 5.74) is 4.40. The maximum atomic E-state index is 12.9. The van der Waals surface area contributed by atoms with Gasteiger partial charge in [0, 0.05) is 28.2 Å². The second kappa shape index (κ2) is 6.09. The molecular weight excluding hydrogens is 308 g/mol. The van der Waals surface area contributed by atoms with Gasteiger partial charge in [0.05, 0.1) is 0 Å². The first kappa shape index (κ1) is 15.6. The third kappa shape index (κ3) is 2.62. The van der Waals surface area contributed by atoms with Gasteiger partial charge in [-0.05, 0) is 50.1 Å². The number of carbonyl (C=O) groups is 1. The lowest BCUT2D eigenvalue weighted by atomic mass is 10.1. The van der Waals surface area contributed by atoms with E-state index in [1.165, 1.54) is 0 Å². The van der Waals surface area contributed by atoms with E-state index >= 15 is 0 Å². The molecule has 0 fully saturated rings. The Hall–Kier alpha value is -2.26. The Morgan fingerprint density at radius 3 is 2.57 bits per heavy atom. The van der Waals surface area contributed by atoms with Crippen molar-refractivity contribution in [3.8, 4) is 0 Å². The van der Waals surface area contributed by atoms with Crippen molar-refractivity contribution in [1.82, 2.24) is 4.57 Å². The second-order valence-corrected chi connectivity index (χ2v) is 6.01. The lowest BCUT2D eigenvalue weighted by molar-refractivity contribution is 0.101. The van der Waals surface area contributed by atoms with Crippen LogP contribution in [0.5, 0.6) is 0 Å². The Kier molecular flexibility index (Phi) is 4.14. The van der Waals surface area contributed by atoms with Crippen molar-refractivity contribution in [3.63, 3.8) is 0 Å². The average molecular weight is 327 g/mol. The van der Waals surface area contributed by atoms with Gasteiger partial charge in [0.25, 0.3) is 5.91 Å². The molecule has 0 spiro atoms. The second-order valence-electron chi connectivity index (χ2n) is 5.60. The van der Waals surface area contributed by atoms with Crippen LogP contribution in [0, 0.1) is 13.8 Å². The standard InChI is InChI=1S/C19H19ClN2O/c1-4-22-17-11-6-5-8-14(17)12(2)18(22)19(23)21-16-10-7-9-15(20)13(16)3/h5-11H,4H2,1-3H3,(H,21,23). The number of aromatic nitrogens is 1. The molecule has 0 aliphatic rings. The van der Waals surface area contributed by atoms with Crippen molar-refractivity contribution in [2.24, 2.45) is 0 Å². The highest BCUT2D eigenvalue weighted by molar-refractivity contribution is 6.31. The SMILES string of the molecule is CCn1c(C(=O)Nc2cccc(Cl)c2C)c(C)c2ccccc21. The summed E-state index contributed by atoms with van der Waals surface area (Å²) in [6, 6.07) is 13.6. The predicted octanol–water partition coefficient (Wildman–Crippen LogP) is 5.18. The first-order valence-corrected chi connectivity index (χ1v) is 8.06. The molecule has 0 atom stereocenters. The fourth-order valence-electron chi connectivity index (χ4n) is 3.02. The Morgan fingerprint density at radius 1 is 1.09 bits per heavy atom. The molecule has 0 unspecified atom stereocenters. The zero-order valence-corrected chi connectivity index (χ0v) is 14.2. The lowest BCUT2D eigenvalue weighted by Gasteiger charge is -2.12. The molecule has 2 aromatic carbocycles.